The van der Waals surface area contributed by atoms with Gasteiger partial charge in [0.05, 0.1) is 4.90 Å². The Labute approximate surface area is 143 Å². The van der Waals surface area contributed by atoms with E-state index in [1.54, 1.807) is 12.1 Å². The van der Waals surface area contributed by atoms with Crippen molar-refractivity contribution in [3.63, 3.8) is 0 Å². The zero-order chi connectivity index (χ0) is 17.6. The Morgan fingerprint density at radius 1 is 1.00 bits per heavy atom. The lowest BCUT2D eigenvalue weighted by Gasteiger charge is -2.22. The van der Waals surface area contributed by atoms with Crippen LogP contribution in [0, 0.1) is 0 Å². The number of hydrogen-bond acceptors (Lipinski definition) is 3. The highest BCUT2D eigenvalue weighted by Gasteiger charge is 2.24. The number of hydrogen-bond donors (Lipinski definition) is 1. The Morgan fingerprint density at radius 2 is 1.62 bits per heavy atom. The summed E-state index contributed by atoms with van der Waals surface area (Å²) < 4.78 is 27.1. The van der Waals surface area contributed by atoms with Crippen molar-refractivity contribution < 1.29 is 13.2 Å². The summed E-state index contributed by atoms with van der Waals surface area (Å²) in [5.41, 5.74) is 7.12. The molecule has 128 valence electrons. The number of benzene rings is 2. The van der Waals surface area contributed by atoms with Crippen molar-refractivity contribution in [2.45, 2.75) is 31.2 Å². The second-order valence-corrected chi connectivity index (χ2v) is 7.48. The summed E-state index contributed by atoms with van der Waals surface area (Å²) in [5, 5.41) is 0. The summed E-state index contributed by atoms with van der Waals surface area (Å²) in [6, 6.07) is 16.1. The van der Waals surface area contributed by atoms with Crippen LogP contribution < -0.4 is 5.73 Å². The Bertz CT molecular complexity index is 772. The first kappa shape index (κ1) is 18.2. The lowest BCUT2D eigenvalue weighted by Crippen LogP contribution is -2.33. The predicted octanol–water partition coefficient (Wildman–Crippen LogP) is 2.32. The zero-order valence-electron chi connectivity index (χ0n) is 13.7. The molecule has 0 saturated heterocycles. The molecule has 0 radical (unpaired) electrons. The van der Waals surface area contributed by atoms with Crippen LogP contribution in [0.25, 0.3) is 0 Å². The van der Waals surface area contributed by atoms with Crippen LogP contribution in [0.3, 0.4) is 0 Å². The number of nitrogens with two attached hydrogens (primary N) is 1. The van der Waals surface area contributed by atoms with Crippen LogP contribution in [-0.2, 0) is 27.8 Å². The van der Waals surface area contributed by atoms with E-state index in [2.05, 4.69) is 0 Å². The third kappa shape index (κ3) is 4.66. The van der Waals surface area contributed by atoms with Crippen molar-refractivity contribution in [1.29, 1.82) is 0 Å². The van der Waals surface area contributed by atoms with Gasteiger partial charge in [0.1, 0.15) is 0 Å². The van der Waals surface area contributed by atoms with E-state index in [9.17, 15) is 13.2 Å². The third-order valence-corrected chi connectivity index (χ3v) is 5.64. The molecule has 0 spiro atoms. The summed E-state index contributed by atoms with van der Waals surface area (Å²) in [4.78, 5) is 11.3. The number of nitrogens with zero attached hydrogens (tertiary/aromatic N) is 1. The maximum Gasteiger partial charge on any atom is 0.243 e. The monoisotopic (exact) mass is 346 g/mol. The first-order valence-electron chi connectivity index (χ1n) is 7.85. The van der Waals surface area contributed by atoms with E-state index in [4.69, 9.17) is 5.73 Å². The van der Waals surface area contributed by atoms with Gasteiger partial charge in [-0.25, -0.2) is 8.42 Å². The van der Waals surface area contributed by atoms with E-state index in [0.29, 0.717) is 0 Å². The highest BCUT2D eigenvalue weighted by molar-refractivity contribution is 7.89. The highest BCUT2D eigenvalue weighted by atomic mass is 32.2. The molecule has 0 fully saturated rings. The minimum absolute atomic E-state index is 0.0148. The summed E-state index contributed by atoms with van der Waals surface area (Å²) in [6.45, 7) is 2.27. The van der Waals surface area contributed by atoms with Gasteiger partial charge in [0, 0.05) is 19.5 Å². The largest absolute Gasteiger partial charge is 0.370 e. The van der Waals surface area contributed by atoms with Crippen LogP contribution >= 0.6 is 0 Å². The maximum atomic E-state index is 12.9. The molecule has 2 aromatic carbocycles. The summed E-state index contributed by atoms with van der Waals surface area (Å²) >= 11 is 0. The molecule has 2 N–H and O–H groups in total. The van der Waals surface area contributed by atoms with E-state index in [1.165, 1.54) is 4.31 Å². The number of carbonyl (C=O) groups excluding carboxylic acids is 1. The molecule has 0 aliphatic heterocycles. The lowest BCUT2D eigenvalue weighted by atomic mass is 10.2. The second-order valence-electron chi connectivity index (χ2n) is 5.54. The van der Waals surface area contributed by atoms with Crippen LogP contribution in [0.5, 0.6) is 0 Å². The topological polar surface area (TPSA) is 80.5 Å². The second kappa shape index (κ2) is 8.08. The number of aryl methyl sites for hydroxylation is 1. The molecule has 0 aliphatic rings. The SMILES string of the molecule is CCc1ccc(S(=O)(=O)N(CCC(N)=O)Cc2ccccc2)cc1. The number of primary amides is 1. The first-order valence-corrected chi connectivity index (χ1v) is 9.29. The Kier molecular flexibility index (Phi) is 6.11. The molecule has 0 unspecified atom stereocenters. The number of amides is 1. The van der Waals surface area contributed by atoms with E-state index in [1.807, 2.05) is 49.4 Å². The molecule has 0 bridgehead atoms. The Balaban J connectivity index is 2.30. The molecular formula is C18H22N2O3S. The number of carbonyl (C=O) groups is 1. The average molecular weight is 346 g/mol. The predicted molar refractivity (Wildman–Crippen MR) is 93.7 cm³/mol. The van der Waals surface area contributed by atoms with Gasteiger partial charge in [-0.2, -0.15) is 4.31 Å². The highest BCUT2D eigenvalue weighted by Crippen LogP contribution is 2.19. The normalized spacial score (nSPS) is 11.6. The van der Waals surface area contributed by atoms with E-state index < -0.39 is 15.9 Å². The lowest BCUT2D eigenvalue weighted by molar-refractivity contribution is -0.118. The fraction of sp³-hybridized carbons (Fsp3) is 0.278. The van der Waals surface area contributed by atoms with Gasteiger partial charge in [-0.3, -0.25) is 4.79 Å². The van der Waals surface area contributed by atoms with Gasteiger partial charge in [0.25, 0.3) is 0 Å². The number of sulfonamides is 1. The molecule has 0 atom stereocenters. The van der Waals surface area contributed by atoms with Crippen molar-refractivity contribution in [3.05, 3.63) is 65.7 Å². The third-order valence-electron chi connectivity index (χ3n) is 3.78. The molecule has 24 heavy (non-hydrogen) atoms. The van der Waals surface area contributed by atoms with Crippen LogP contribution in [0.2, 0.25) is 0 Å². The van der Waals surface area contributed by atoms with Gasteiger partial charge >= 0.3 is 0 Å². The van der Waals surface area contributed by atoms with E-state index in [-0.39, 0.29) is 24.4 Å². The molecule has 0 saturated carbocycles. The van der Waals surface area contributed by atoms with Gasteiger partial charge in [0.15, 0.2) is 0 Å². The van der Waals surface area contributed by atoms with Gasteiger partial charge in [-0.1, -0.05) is 49.4 Å². The quantitative estimate of drug-likeness (QED) is 0.796. The maximum absolute atomic E-state index is 12.9. The van der Waals surface area contributed by atoms with E-state index >= 15 is 0 Å². The summed E-state index contributed by atoms with van der Waals surface area (Å²) in [6.07, 6.45) is 0.828. The average Bonchev–Trinajstić information content (AvgIpc) is 2.59. The van der Waals surface area contributed by atoms with Gasteiger partial charge < -0.3 is 5.73 Å². The Hall–Kier alpha value is -2.18. The molecule has 0 aliphatic carbocycles. The fourth-order valence-corrected chi connectivity index (χ4v) is 3.78. The minimum atomic E-state index is -3.69. The minimum Gasteiger partial charge on any atom is -0.370 e. The standard InChI is InChI=1S/C18H22N2O3S/c1-2-15-8-10-17(11-9-15)24(22,23)20(13-12-18(19)21)14-16-6-4-3-5-7-16/h3-11H,2,12-14H2,1H3,(H2,19,21). The van der Waals surface area contributed by atoms with Gasteiger partial charge in [-0.15, -0.1) is 0 Å². The molecular weight excluding hydrogens is 324 g/mol. The first-order chi connectivity index (χ1) is 11.4. The van der Waals surface area contributed by atoms with Crippen LogP contribution in [0.4, 0.5) is 0 Å². The Morgan fingerprint density at radius 3 is 2.17 bits per heavy atom. The van der Waals surface area contributed by atoms with Crippen LogP contribution in [-0.4, -0.2) is 25.2 Å². The van der Waals surface area contributed by atoms with Crippen molar-refractivity contribution in [2.75, 3.05) is 6.54 Å². The summed E-state index contributed by atoms with van der Waals surface area (Å²) in [7, 11) is -3.69. The van der Waals surface area contributed by atoms with Crippen LogP contribution in [0.1, 0.15) is 24.5 Å². The van der Waals surface area contributed by atoms with Gasteiger partial charge in [-0.05, 0) is 29.7 Å². The smallest absolute Gasteiger partial charge is 0.243 e. The molecule has 2 rings (SSSR count). The van der Waals surface area contributed by atoms with Crippen molar-refractivity contribution >= 4 is 15.9 Å². The van der Waals surface area contributed by atoms with Crippen LogP contribution in [0.15, 0.2) is 59.5 Å². The molecule has 0 aromatic heterocycles. The van der Waals surface area contributed by atoms with Crippen molar-refractivity contribution in [2.24, 2.45) is 5.73 Å². The zero-order valence-corrected chi connectivity index (χ0v) is 14.5. The molecule has 6 heteroatoms. The van der Waals surface area contributed by atoms with Crippen molar-refractivity contribution in [3.8, 4) is 0 Å². The van der Waals surface area contributed by atoms with Gasteiger partial charge in [0.2, 0.25) is 15.9 Å². The molecule has 0 heterocycles. The van der Waals surface area contributed by atoms with E-state index in [0.717, 1.165) is 17.5 Å². The summed E-state index contributed by atoms with van der Waals surface area (Å²) in [5.74, 6) is -0.524. The molecule has 2 aromatic rings. The fourth-order valence-electron chi connectivity index (χ4n) is 2.35. The van der Waals surface area contributed by atoms with Crippen molar-refractivity contribution in [1.82, 2.24) is 4.31 Å². The number of rotatable bonds is 8. The molecule has 5 nitrogen and oxygen atoms in total. The molecule has 1 amide bonds.